The largest absolute Gasteiger partial charge is 0.255 e. The second kappa shape index (κ2) is 7.21. The molecule has 124 valence electrons. The molecule has 2 heterocycles. The van der Waals surface area contributed by atoms with E-state index in [4.69, 9.17) is 0 Å². The summed E-state index contributed by atoms with van der Waals surface area (Å²) in [6.07, 6.45) is 1.69. The number of sulfonamides is 1. The average Bonchev–Trinajstić information content (AvgIpc) is 3.10. The van der Waals surface area contributed by atoms with E-state index in [1.165, 1.54) is 24.3 Å². The maximum absolute atomic E-state index is 12.9. The molecule has 0 atom stereocenters. The van der Waals surface area contributed by atoms with E-state index in [-0.39, 0.29) is 18.1 Å². The quantitative estimate of drug-likeness (QED) is 0.729. The summed E-state index contributed by atoms with van der Waals surface area (Å²) in [4.78, 5) is 5.34. The maximum atomic E-state index is 12.9. The van der Waals surface area contributed by atoms with Crippen molar-refractivity contribution < 1.29 is 12.8 Å². The fourth-order valence-corrected chi connectivity index (χ4v) is 4.12. The lowest BCUT2D eigenvalue weighted by Crippen LogP contribution is -2.25. The molecular formula is C17H15FN2O2S2. The molecule has 0 spiro atoms. The van der Waals surface area contributed by atoms with Gasteiger partial charge in [-0.3, -0.25) is 4.98 Å². The summed E-state index contributed by atoms with van der Waals surface area (Å²) in [5.74, 6) is -0.581. The molecule has 0 amide bonds. The van der Waals surface area contributed by atoms with Gasteiger partial charge in [0.15, 0.2) is 0 Å². The van der Waals surface area contributed by atoms with Crippen LogP contribution in [-0.2, 0) is 22.3 Å². The Bertz CT molecular complexity index is 908. The van der Waals surface area contributed by atoms with Crippen molar-refractivity contribution >= 4 is 21.4 Å². The van der Waals surface area contributed by atoms with Crippen molar-refractivity contribution in [2.24, 2.45) is 0 Å². The SMILES string of the molecule is O=S(=O)(Cc1ccc(F)cc1)NCc1cccnc1-c1cccs1. The van der Waals surface area contributed by atoms with Crippen molar-refractivity contribution in [3.8, 4) is 10.6 Å². The zero-order valence-electron chi connectivity index (χ0n) is 12.6. The molecule has 0 unspecified atom stereocenters. The number of hydrogen-bond donors (Lipinski definition) is 1. The first-order valence-corrected chi connectivity index (χ1v) is 9.76. The molecule has 0 bridgehead atoms. The summed E-state index contributed by atoms with van der Waals surface area (Å²) in [7, 11) is -3.53. The van der Waals surface area contributed by atoms with E-state index in [0.717, 1.165) is 16.1 Å². The van der Waals surface area contributed by atoms with Crippen LogP contribution in [0.4, 0.5) is 4.39 Å². The van der Waals surface area contributed by atoms with E-state index in [1.807, 2.05) is 23.6 Å². The van der Waals surface area contributed by atoms with Gasteiger partial charge < -0.3 is 0 Å². The number of hydrogen-bond acceptors (Lipinski definition) is 4. The molecule has 4 nitrogen and oxygen atoms in total. The molecule has 3 rings (SSSR count). The van der Waals surface area contributed by atoms with Crippen LogP contribution >= 0.6 is 11.3 Å². The van der Waals surface area contributed by atoms with Gasteiger partial charge in [0, 0.05) is 12.7 Å². The summed E-state index contributed by atoms with van der Waals surface area (Å²) < 4.78 is 39.9. The van der Waals surface area contributed by atoms with Gasteiger partial charge in [-0.05, 0) is 40.8 Å². The summed E-state index contributed by atoms with van der Waals surface area (Å²) in [6.45, 7) is 0.157. The minimum absolute atomic E-state index is 0.157. The summed E-state index contributed by atoms with van der Waals surface area (Å²) in [6, 6.07) is 12.9. The van der Waals surface area contributed by atoms with E-state index in [0.29, 0.717) is 5.56 Å². The molecule has 0 radical (unpaired) electrons. The number of aromatic nitrogens is 1. The minimum atomic E-state index is -3.53. The topological polar surface area (TPSA) is 59.1 Å². The molecule has 1 N–H and O–H groups in total. The fourth-order valence-electron chi connectivity index (χ4n) is 2.26. The Morgan fingerprint density at radius 3 is 2.58 bits per heavy atom. The van der Waals surface area contributed by atoms with Gasteiger partial charge in [-0.2, -0.15) is 0 Å². The number of nitrogens with one attached hydrogen (secondary N) is 1. The van der Waals surface area contributed by atoms with Crippen molar-refractivity contribution in [1.82, 2.24) is 9.71 Å². The minimum Gasteiger partial charge on any atom is -0.255 e. The second-order valence-electron chi connectivity index (χ2n) is 5.20. The first-order chi connectivity index (χ1) is 11.5. The second-order valence-corrected chi connectivity index (χ2v) is 7.95. The van der Waals surface area contributed by atoms with E-state index in [2.05, 4.69) is 9.71 Å². The number of pyridine rings is 1. The molecule has 0 saturated carbocycles. The molecular weight excluding hydrogens is 347 g/mol. The third-order valence-electron chi connectivity index (χ3n) is 3.40. The molecule has 24 heavy (non-hydrogen) atoms. The molecule has 7 heteroatoms. The maximum Gasteiger partial charge on any atom is 0.216 e. The Hall–Kier alpha value is -2.09. The monoisotopic (exact) mass is 362 g/mol. The molecule has 0 aliphatic heterocycles. The van der Waals surface area contributed by atoms with Crippen molar-refractivity contribution in [3.63, 3.8) is 0 Å². The van der Waals surface area contributed by atoms with Crippen molar-refractivity contribution in [2.75, 3.05) is 0 Å². The van der Waals surface area contributed by atoms with Crippen LogP contribution in [0.2, 0.25) is 0 Å². The lowest BCUT2D eigenvalue weighted by molar-refractivity contribution is 0.580. The van der Waals surface area contributed by atoms with Crippen LogP contribution in [0.15, 0.2) is 60.1 Å². The molecule has 3 aromatic rings. The zero-order chi connectivity index (χ0) is 17.0. The van der Waals surface area contributed by atoms with Crippen LogP contribution in [0.25, 0.3) is 10.6 Å². The number of halogens is 1. The van der Waals surface area contributed by atoms with Gasteiger partial charge in [0.2, 0.25) is 10.0 Å². The molecule has 0 aliphatic rings. The van der Waals surface area contributed by atoms with Gasteiger partial charge >= 0.3 is 0 Å². The Morgan fingerprint density at radius 1 is 1.08 bits per heavy atom. The van der Waals surface area contributed by atoms with E-state index >= 15 is 0 Å². The van der Waals surface area contributed by atoms with Gasteiger partial charge in [-0.25, -0.2) is 17.5 Å². The van der Waals surface area contributed by atoms with Crippen molar-refractivity contribution in [1.29, 1.82) is 0 Å². The van der Waals surface area contributed by atoms with E-state index in [9.17, 15) is 12.8 Å². The lowest BCUT2D eigenvalue weighted by atomic mass is 10.2. The Morgan fingerprint density at radius 2 is 1.88 bits per heavy atom. The Balaban J connectivity index is 1.72. The van der Waals surface area contributed by atoms with E-state index in [1.54, 1.807) is 23.6 Å². The van der Waals surface area contributed by atoms with Crippen molar-refractivity contribution in [2.45, 2.75) is 12.3 Å². The van der Waals surface area contributed by atoms with Crippen LogP contribution in [-0.4, -0.2) is 13.4 Å². The highest BCUT2D eigenvalue weighted by Gasteiger charge is 2.14. The summed E-state index contributed by atoms with van der Waals surface area (Å²) in [5, 5.41) is 1.95. The molecule has 2 aromatic heterocycles. The van der Waals surface area contributed by atoms with Crippen LogP contribution in [0.5, 0.6) is 0 Å². The van der Waals surface area contributed by atoms with Gasteiger partial charge in [-0.15, -0.1) is 11.3 Å². The third kappa shape index (κ3) is 4.25. The Kier molecular flexibility index (Phi) is 5.03. The fraction of sp³-hybridized carbons (Fsp3) is 0.118. The summed E-state index contributed by atoms with van der Waals surface area (Å²) in [5.41, 5.74) is 2.12. The molecule has 0 aliphatic carbocycles. The van der Waals surface area contributed by atoms with Gasteiger partial charge in [0.25, 0.3) is 0 Å². The van der Waals surface area contributed by atoms with E-state index < -0.39 is 10.0 Å². The van der Waals surface area contributed by atoms with Crippen LogP contribution in [0.3, 0.4) is 0 Å². The predicted molar refractivity (Wildman–Crippen MR) is 93.4 cm³/mol. The lowest BCUT2D eigenvalue weighted by Gasteiger charge is -2.09. The van der Waals surface area contributed by atoms with Gasteiger partial charge in [-0.1, -0.05) is 24.3 Å². The number of rotatable bonds is 6. The molecule has 0 saturated heterocycles. The highest BCUT2D eigenvalue weighted by atomic mass is 32.2. The predicted octanol–water partition coefficient (Wildman–Crippen LogP) is 3.57. The van der Waals surface area contributed by atoms with Crippen LogP contribution < -0.4 is 4.72 Å². The standard InChI is InChI=1S/C17H15FN2O2S2/c18-15-7-5-13(6-8-15)12-24(21,22)20-11-14-3-1-9-19-17(14)16-4-2-10-23-16/h1-10,20H,11-12H2. The highest BCUT2D eigenvalue weighted by Crippen LogP contribution is 2.25. The average molecular weight is 362 g/mol. The number of nitrogens with zero attached hydrogens (tertiary/aromatic N) is 1. The van der Waals surface area contributed by atoms with Gasteiger partial charge in [0.05, 0.1) is 16.3 Å². The first-order valence-electron chi connectivity index (χ1n) is 7.23. The zero-order valence-corrected chi connectivity index (χ0v) is 14.3. The first kappa shape index (κ1) is 16.8. The van der Waals surface area contributed by atoms with Gasteiger partial charge in [0.1, 0.15) is 5.82 Å². The normalized spacial score (nSPS) is 11.5. The van der Waals surface area contributed by atoms with Crippen molar-refractivity contribution in [3.05, 3.63) is 77.1 Å². The highest BCUT2D eigenvalue weighted by molar-refractivity contribution is 7.88. The molecule has 1 aromatic carbocycles. The third-order valence-corrected chi connectivity index (χ3v) is 5.57. The van der Waals surface area contributed by atoms with Crippen LogP contribution in [0, 0.1) is 5.82 Å². The number of thiophene rings is 1. The Labute approximate surface area is 144 Å². The van der Waals surface area contributed by atoms with Crippen LogP contribution in [0.1, 0.15) is 11.1 Å². The molecule has 0 fully saturated rings. The summed E-state index contributed by atoms with van der Waals surface area (Å²) >= 11 is 1.55. The number of benzene rings is 1. The smallest absolute Gasteiger partial charge is 0.216 e.